The Balaban J connectivity index is 4.60. The van der Waals surface area contributed by atoms with Gasteiger partial charge in [0.15, 0.2) is 0 Å². The Morgan fingerprint density at radius 2 is 0.825 bits per heavy atom. The number of hydrogen-bond acceptors (Lipinski definition) is 5. The van der Waals surface area contributed by atoms with Crippen LogP contribution in [0.3, 0.4) is 0 Å². The van der Waals surface area contributed by atoms with E-state index in [-0.39, 0.29) is 24.9 Å². The monoisotopic (exact) mass is 882 g/mol. The molecular weight excluding hydrogens is 779 g/mol. The molecule has 0 bridgehead atoms. The molecule has 0 aromatic carbocycles. The molecule has 0 radical (unpaired) electrons. The number of rotatable bonds is 48. The Hall–Kier alpha value is -2.44. The third kappa shape index (κ3) is 45.9. The van der Waals surface area contributed by atoms with Gasteiger partial charge in [-0.2, -0.15) is 0 Å². The molecule has 6 nitrogen and oxygen atoms in total. The third-order valence-corrected chi connectivity index (χ3v) is 12.1. The summed E-state index contributed by atoms with van der Waals surface area (Å²) in [5.41, 5.74) is 0. The highest BCUT2D eigenvalue weighted by Crippen LogP contribution is 2.17. The van der Waals surface area contributed by atoms with Crippen LogP contribution in [0.5, 0.6) is 0 Å². The van der Waals surface area contributed by atoms with Gasteiger partial charge in [-0.25, -0.2) is 0 Å². The molecule has 6 heteroatoms. The maximum atomic E-state index is 13.2. The minimum Gasteiger partial charge on any atom is -0.462 e. The fraction of sp³-hybridized carbons (Fsp3) is 0.789. The number of carbonyl (C=O) groups is 2. The molecule has 366 valence electrons. The highest BCUT2D eigenvalue weighted by Gasteiger charge is 2.24. The Morgan fingerprint density at radius 3 is 1.30 bits per heavy atom. The lowest BCUT2D eigenvalue weighted by atomic mass is 10.0. The normalized spacial score (nSPS) is 13.7. The van der Waals surface area contributed by atoms with Crippen LogP contribution >= 0.6 is 0 Å². The molecule has 1 amide bonds. The van der Waals surface area contributed by atoms with Crippen molar-refractivity contribution in [2.75, 3.05) is 6.61 Å². The van der Waals surface area contributed by atoms with Crippen molar-refractivity contribution >= 4 is 11.9 Å². The second-order valence-electron chi connectivity index (χ2n) is 18.3. The highest BCUT2D eigenvalue weighted by molar-refractivity contribution is 5.77. The van der Waals surface area contributed by atoms with E-state index in [2.05, 4.69) is 86.8 Å². The second kappa shape index (κ2) is 50.6. The molecule has 3 atom stereocenters. The Bertz CT molecular complexity index is 1130. The first-order valence-corrected chi connectivity index (χ1v) is 27.0. The summed E-state index contributed by atoms with van der Waals surface area (Å²) in [5.74, 6) is -0.567. The van der Waals surface area contributed by atoms with Gasteiger partial charge in [-0.15, -0.1) is 0 Å². The number of aliphatic hydroxyl groups is 2. The summed E-state index contributed by atoms with van der Waals surface area (Å²) < 4.78 is 5.89. The van der Waals surface area contributed by atoms with Gasteiger partial charge in [0.25, 0.3) is 0 Å². The van der Waals surface area contributed by atoms with Gasteiger partial charge in [0.2, 0.25) is 5.91 Å². The van der Waals surface area contributed by atoms with Crippen molar-refractivity contribution in [3.8, 4) is 0 Å². The number of unbranched alkanes of at least 4 members (excludes halogenated alkanes) is 26. The molecule has 0 aliphatic rings. The minimum atomic E-state index is -0.805. The number of aliphatic hydroxyl groups excluding tert-OH is 2. The molecule has 63 heavy (non-hydrogen) atoms. The van der Waals surface area contributed by atoms with Gasteiger partial charge < -0.3 is 20.3 Å². The summed E-state index contributed by atoms with van der Waals surface area (Å²) in [6.07, 6.45) is 62.9. The van der Waals surface area contributed by atoms with Crippen LogP contribution in [0.1, 0.15) is 265 Å². The summed E-state index contributed by atoms with van der Waals surface area (Å²) >= 11 is 0. The summed E-state index contributed by atoms with van der Waals surface area (Å²) in [7, 11) is 0. The molecule has 0 saturated heterocycles. The first-order chi connectivity index (χ1) is 31.0. The van der Waals surface area contributed by atoms with Gasteiger partial charge in [-0.05, 0) is 83.5 Å². The molecule has 3 unspecified atom stereocenters. The molecule has 0 aromatic heterocycles. The van der Waals surface area contributed by atoms with Gasteiger partial charge in [-0.3, -0.25) is 9.59 Å². The van der Waals surface area contributed by atoms with E-state index in [1.807, 2.05) is 0 Å². The quantitative estimate of drug-likeness (QED) is 0.0321. The molecule has 0 aromatic rings. The van der Waals surface area contributed by atoms with Gasteiger partial charge >= 0.3 is 5.97 Å². The van der Waals surface area contributed by atoms with Crippen LogP contribution in [0, 0.1) is 0 Å². The van der Waals surface area contributed by atoms with E-state index in [4.69, 9.17) is 4.74 Å². The molecule has 0 spiro atoms. The van der Waals surface area contributed by atoms with Crippen molar-refractivity contribution in [3.05, 3.63) is 60.8 Å². The number of ether oxygens (including phenoxy) is 1. The lowest BCUT2D eigenvalue weighted by Crippen LogP contribution is -2.46. The first kappa shape index (κ1) is 60.6. The van der Waals surface area contributed by atoms with Gasteiger partial charge in [0.05, 0.1) is 25.2 Å². The van der Waals surface area contributed by atoms with E-state index in [9.17, 15) is 19.8 Å². The molecule has 3 N–H and O–H groups in total. The van der Waals surface area contributed by atoms with Crippen LogP contribution in [-0.2, 0) is 14.3 Å². The van der Waals surface area contributed by atoms with E-state index < -0.39 is 18.2 Å². The minimum absolute atomic E-state index is 0.0344. The fourth-order valence-electron chi connectivity index (χ4n) is 7.95. The molecule has 0 heterocycles. The standard InChI is InChI=1S/C57H103NO5/c1-4-7-10-13-16-19-22-24-26-28-30-32-35-38-41-44-47-50-57(62)63-53(48-45-42-39-36-33-21-18-15-12-9-6-3)51-56(61)58-54(52-59)55(60)49-46-43-40-37-34-31-29-27-25-23-20-17-14-11-8-5-2/h16,19,24,26,30,32,36,38-39,41,53-55,59-60H,4-15,17-18,20-23,25,27-29,31,33-35,37,40,42-52H2,1-3H3,(H,58,61)/b19-16-,26-24-,32-30-,39-36-,41-38-. The highest BCUT2D eigenvalue weighted by atomic mass is 16.5. The third-order valence-electron chi connectivity index (χ3n) is 12.1. The van der Waals surface area contributed by atoms with Crippen LogP contribution in [0.25, 0.3) is 0 Å². The topological polar surface area (TPSA) is 95.9 Å². The zero-order valence-corrected chi connectivity index (χ0v) is 41.7. The fourth-order valence-corrected chi connectivity index (χ4v) is 7.95. The molecule has 0 aliphatic carbocycles. The maximum absolute atomic E-state index is 13.2. The molecule has 0 saturated carbocycles. The number of carbonyl (C=O) groups excluding carboxylic acids is 2. The van der Waals surface area contributed by atoms with Crippen LogP contribution in [0.15, 0.2) is 60.8 Å². The van der Waals surface area contributed by atoms with E-state index in [0.717, 1.165) is 64.2 Å². The van der Waals surface area contributed by atoms with Crippen LogP contribution < -0.4 is 5.32 Å². The first-order valence-electron chi connectivity index (χ1n) is 27.0. The molecule has 0 rings (SSSR count). The zero-order chi connectivity index (χ0) is 45.9. The van der Waals surface area contributed by atoms with Gasteiger partial charge in [0.1, 0.15) is 6.10 Å². The van der Waals surface area contributed by atoms with Crippen LogP contribution in [-0.4, -0.2) is 46.9 Å². The van der Waals surface area contributed by atoms with E-state index >= 15 is 0 Å². The van der Waals surface area contributed by atoms with Crippen molar-refractivity contribution in [2.45, 2.75) is 283 Å². The predicted octanol–water partition coefficient (Wildman–Crippen LogP) is 16.4. The maximum Gasteiger partial charge on any atom is 0.306 e. The Morgan fingerprint density at radius 1 is 0.460 bits per heavy atom. The van der Waals surface area contributed by atoms with Crippen molar-refractivity contribution in [1.29, 1.82) is 0 Å². The van der Waals surface area contributed by atoms with Crippen molar-refractivity contribution < 1.29 is 24.5 Å². The summed E-state index contributed by atoms with van der Waals surface area (Å²) in [4.78, 5) is 26.1. The smallest absolute Gasteiger partial charge is 0.306 e. The molecule has 0 fully saturated rings. The van der Waals surface area contributed by atoms with Crippen molar-refractivity contribution in [1.82, 2.24) is 5.32 Å². The number of hydrogen-bond donors (Lipinski definition) is 3. The summed E-state index contributed by atoms with van der Waals surface area (Å²) in [5, 5.41) is 23.8. The van der Waals surface area contributed by atoms with Gasteiger partial charge in [-0.1, -0.05) is 229 Å². The van der Waals surface area contributed by atoms with Crippen LogP contribution in [0.4, 0.5) is 0 Å². The summed E-state index contributed by atoms with van der Waals surface area (Å²) in [6, 6.07) is -0.722. The Labute approximate surface area is 390 Å². The van der Waals surface area contributed by atoms with E-state index in [1.165, 1.54) is 148 Å². The average molecular weight is 882 g/mol. The SMILES string of the molecule is CCCCC/C=C\C/C=C\C/C=C\C/C=C\CCCC(=O)OC(CCC/C=C\CCCCCCCC)CC(=O)NC(CO)C(O)CCCCCCCCCCCCCCCCCC. The van der Waals surface area contributed by atoms with Gasteiger partial charge in [0, 0.05) is 6.42 Å². The number of esters is 1. The predicted molar refractivity (Wildman–Crippen MR) is 273 cm³/mol. The lowest BCUT2D eigenvalue weighted by Gasteiger charge is -2.24. The number of allylic oxidation sites excluding steroid dienone is 10. The largest absolute Gasteiger partial charge is 0.462 e. The Kier molecular flexibility index (Phi) is 48.6. The number of amides is 1. The molecule has 0 aliphatic heterocycles. The van der Waals surface area contributed by atoms with E-state index in [0.29, 0.717) is 25.7 Å². The average Bonchev–Trinajstić information content (AvgIpc) is 3.28. The zero-order valence-electron chi connectivity index (χ0n) is 41.7. The van der Waals surface area contributed by atoms with Crippen molar-refractivity contribution in [2.24, 2.45) is 0 Å². The second-order valence-corrected chi connectivity index (χ2v) is 18.3. The van der Waals surface area contributed by atoms with Crippen molar-refractivity contribution in [3.63, 3.8) is 0 Å². The molecular formula is C57H103NO5. The van der Waals surface area contributed by atoms with Crippen LogP contribution in [0.2, 0.25) is 0 Å². The van der Waals surface area contributed by atoms with E-state index in [1.54, 1.807) is 0 Å². The lowest BCUT2D eigenvalue weighted by molar-refractivity contribution is -0.151. The summed E-state index contributed by atoms with van der Waals surface area (Å²) in [6.45, 7) is 6.44. The number of nitrogens with one attached hydrogen (secondary N) is 1.